The second kappa shape index (κ2) is 7.91. The van der Waals surface area contributed by atoms with Gasteiger partial charge in [0.25, 0.3) is 11.8 Å². The lowest BCUT2D eigenvalue weighted by molar-refractivity contribution is -0.137. The van der Waals surface area contributed by atoms with Gasteiger partial charge >= 0.3 is 0 Å². The van der Waals surface area contributed by atoms with E-state index in [-0.39, 0.29) is 17.7 Å². The number of halogens is 2. The molecule has 0 N–H and O–H groups in total. The molecular formula is C19H17Cl2NO3S. The lowest BCUT2D eigenvalue weighted by Crippen LogP contribution is -2.34. The van der Waals surface area contributed by atoms with Gasteiger partial charge in [0.2, 0.25) is 0 Å². The number of carbonyl (C=O) groups is 2. The number of carbonyl (C=O) groups excluding carboxylic acids is 2. The van der Waals surface area contributed by atoms with Crippen LogP contribution in [-0.2, 0) is 15.3 Å². The van der Waals surface area contributed by atoms with Crippen LogP contribution in [0.25, 0.3) is 5.57 Å². The molecule has 2 aromatic rings. The fourth-order valence-corrected chi connectivity index (χ4v) is 4.22. The van der Waals surface area contributed by atoms with Gasteiger partial charge in [0, 0.05) is 17.1 Å². The van der Waals surface area contributed by atoms with E-state index in [4.69, 9.17) is 27.6 Å². The third-order valence-corrected chi connectivity index (χ3v) is 5.46. The van der Waals surface area contributed by atoms with Crippen molar-refractivity contribution >= 4 is 52.4 Å². The van der Waals surface area contributed by atoms with Crippen molar-refractivity contribution < 1.29 is 14.0 Å². The second-order valence-corrected chi connectivity index (χ2v) is 8.14. The average Bonchev–Trinajstić information content (AvgIpc) is 3.16. The Morgan fingerprint density at radius 3 is 2.54 bits per heavy atom. The van der Waals surface area contributed by atoms with Crippen LogP contribution in [0.5, 0.6) is 0 Å². The molecule has 26 heavy (non-hydrogen) atoms. The standard InChI is InChI=1S/C19H17Cl2NO3S/c1-11(2)9-22-18(23)16(14-6-5-12(20)8-15(14)21)17(19(22)24)26-10-13-4-3-7-25-13/h3-8,11H,9-10H2,1-2H3. The van der Waals surface area contributed by atoms with E-state index in [0.717, 1.165) is 5.76 Å². The van der Waals surface area contributed by atoms with Crippen LogP contribution in [0.1, 0.15) is 25.2 Å². The Labute approximate surface area is 166 Å². The maximum absolute atomic E-state index is 13.0. The van der Waals surface area contributed by atoms with Crippen LogP contribution >= 0.6 is 35.0 Å². The molecule has 7 heteroatoms. The first-order chi connectivity index (χ1) is 12.4. The molecule has 3 rings (SSSR count). The molecular weight excluding hydrogens is 393 g/mol. The zero-order valence-corrected chi connectivity index (χ0v) is 16.6. The predicted molar refractivity (Wildman–Crippen MR) is 105 cm³/mol. The van der Waals surface area contributed by atoms with Gasteiger partial charge in [-0.1, -0.05) is 43.1 Å². The zero-order chi connectivity index (χ0) is 18.8. The van der Waals surface area contributed by atoms with Crippen molar-refractivity contribution in [2.75, 3.05) is 6.54 Å². The molecule has 0 spiro atoms. The van der Waals surface area contributed by atoms with E-state index >= 15 is 0 Å². The molecule has 1 aliphatic heterocycles. The first kappa shape index (κ1) is 19.1. The molecule has 4 nitrogen and oxygen atoms in total. The summed E-state index contributed by atoms with van der Waals surface area (Å²) in [5.74, 6) is 0.730. The number of hydrogen-bond acceptors (Lipinski definition) is 4. The first-order valence-corrected chi connectivity index (χ1v) is 9.83. The normalized spacial score (nSPS) is 14.9. The maximum Gasteiger partial charge on any atom is 0.268 e. The molecule has 1 aromatic heterocycles. The number of nitrogens with zero attached hydrogens (tertiary/aromatic N) is 1. The number of thioether (sulfide) groups is 1. The van der Waals surface area contributed by atoms with Gasteiger partial charge in [-0.2, -0.15) is 0 Å². The highest BCUT2D eigenvalue weighted by Gasteiger charge is 2.40. The van der Waals surface area contributed by atoms with Gasteiger partial charge in [-0.05, 0) is 30.2 Å². The monoisotopic (exact) mass is 409 g/mol. The van der Waals surface area contributed by atoms with Crippen LogP contribution in [0.2, 0.25) is 10.0 Å². The fraction of sp³-hybridized carbons (Fsp3) is 0.263. The topological polar surface area (TPSA) is 50.5 Å². The van der Waals surface area contributed by atoms with Gasteiger partial charge in [0.15, 0.2) is 0 Å². The molecule has 0 saturated carbocycles. The Balaban J connectivity index is 2.01. The SMILES string of the molecule is CC(C)CN1C(=O)C(SCc2ccco2)=C(c2ccc(Cl)cc2Cl)C1=O. The smallest absolute Gasteiger partial charge is 0.268 e. The summed E-state index contributed by atoms with van der Waals surface area (Å²) in [6, 6.07) is 8.53. The van der Waals surface area contributed by atoms with E-state index in [1.807, 2.05) is 19.9 Å². The fourth-order valence-electron chi connectivity index (χ4n) is 2.69. The van der Waals surface area contributed by atoms with Gasteiger partial charge in [-0.3, -0.25) is 14.5 Å². The lowest BCUT2D eigenvalue weighted by Gasteiger charge is -2.17. The van der Waals surface area contributed by atoms with Gasteiger partial charge in [-0.15, -0.1) is 11.8 Å². The van der Waals surface area contributed by atoms with Crippen LogP contribution in [0.3, 0.4) is 0 Å². The zero-order valence-electron chi connectivity index (χ0n) is 14.3. The van der Waals surface area contributed by atoms with Crippen molar-refractivity contribution in [3.63, 3.8) is 0 Å². The molecule has 1 aliphatic rings. The Hall–Kier alpha value is -1.69. The maximum atomic E-state index is 13.0. The molecule has 0 saturated heterocycles. The number of hydrogen-bond donors (Lipinski definition) is 0. The first-order valence-electron chi connectivity index (χ1n) is 8.09. The van der Waals surface area contributed by atoms with Crippen molar-refractivity contribution in [1.82, 2.24) is 4.90 Å². The molecule has 1 aromatic carbocycles. The van der Waals surface area contributed by atoms with Crippen molar-refractivity contribution in [2.24, 2.45) is 5.92 Å². The Morgan fingerprint density at radius 1 is 1.15 bits per heavy atom. The predicted octanol–water partition coefficient (Wildman–Crippen LogP) is 5.26. The number of benzene rings is 1. The molecule has 0 atom stereocenters. The second-order valence-electron chi connectivity index (χ2n) is 6.31. The molecule has 0 radical (unpaired) electrons. The Bertz CT molecular complexity index is 875. The molecule has 0 aliphatic carbocycles. The van der Waals surface area contributed by atoms with Crippen LogP contribution in [-0.4, -0.2) is 23.3 Å². The summed E-state index contributed by atoms with van der Waals surface area (Å²) in [5, 5.41) is 0.816. The molecule has 136 valence electrons. The van der Waals surface area contributed by atoms with Crippen molar-refractivity contribution in [3.8, 4) is 0 Å². The summed E-state index contributed by atoms with van der Waals surface area (Å²) >= 11 is 13.6. The number of amides is 2. The van der Waals surface area contributed by atoms with Gasteiger partial charge < -0.3 is 4.42 Å². The summed E-state index contributed by atoms with van der Waals surface area (Å²) in [6.07, 6.45) is 1.58. The number of furan rings is 1. The third-order valence-electron chi connectivity index (χ3n) is 3.81. The molecule has 0 fully saturated rings. The summed E-state index contributed by atoms with van der Waals surface area (Å²) in [5.41, 5.74) is 0.844. The average molecular weight is 410 g/mol. The lowest BCUT2D eigenvalue weighted by atomic mass is 10.1. The van der Waals surface area contributed by atoms with E-state index in [1.165, 1.54) is 16.7 Å². The van der Waals surface area contributed by atoms with Crippen molar-refractivity contribution in [3.05, 3.63) is 62.9 Å². The van der Waals surface area contributed by atoms with E-state index < -0.39 is 0 Å². The summed E-state index contributed by atoms with van der Waals surface area (Å²) in [4.78, 5) is 27.6. The van der Waals surface area contributed by atoms with Crippen molar-refractivity contribution in [1.29, 1.82) is 0 Å². The quantitative estimate of drug-likeness (QED) is 0.610. The van der Waals surface area contributed by atoms with E-state index in [0.29, 0.717) is 38.4 Å². The highest BCUT2D eigenvalue weighted by atomic mass is 35.5. The highest BCUT2D eigenvalue weighted by Crippen LogP contribution is 2.40. The Morgan fingerprint density at radius 2 is 1.92 bits per heavy atom. The van der Waals surface area contributed by atoms with E-state index in [9.17, 15) is 9.59 Å². The Kier molecular flexibility index (Phi) is 5.80. The highest BCUT2D eigenvalue weighted by molar-refractivity contribution is 8.03. The van der Waals surface area contributed by atoms with Crippen molar-refractivity contribution in [2.45, 2.75) is 19.6 Å². The minimum absolute atomic E-state index is 0.166. The molecule has 0 unspecified atom stereocenters. The minimum atomic E-state index is -0.324. The van der Waals surface area contributed by atoms with Gasteiger partial charge in [-0.25, -0.2) is 0 Å². The number of rotatable bonds is 6. The van der Waals surface area contributed by atoms with Gasteiger partial charge in [0.1, 0.15) is 5.76 Å². The minimum Gasteiger partial charge on any atom is -0.468 e. The van der Waals surface area contributed by atoms with Crippen LogP contribution in [0.4, 0.5) is 0 Å². The summed E-state index contributed by atoms with van der Waals surface area (Å²) in [6.45, 7) is 4.28. The van der Waals surface area contributed by atoms with Crippen LogP contribution < -0.4 is 0 Å². The summed E-state index contributed by atoms with van der Waals surface area (Å²) in [7, 11) is 0. The molecule has 0 bridgehead atoms. The third kappa shape index (κ3) is 3.85. The van der Waals surface area contributed by atoms with Crippen LogP contribution in [0, 0.1) is 5.92 Å². The number of imide groups is 1. The molecule has 2 amide bonds. The van der Waals surface area contributed by atoms with E-state index in [2.05, 4.69) is 0 Å². The summed E-state index contributed by atoms with van der Waals surface area (Å²) < 4.78 is 5.33. The van der Waals surface area contributed by atoms with Gasteiger partial charge in [0.05, 0.1) is 27.5 Å². The van der Waals surface area contributed by atoms with E-state index in [1.54, 1.807) is 30.5 Å². The molecule has 2 heterocycles. The largest absolute Gasteiger partial charge is 0.468 e. The van der Waals surface area contributed by atoms with Crippen LogP contribution in [0.15, 0.2) is 45.9 Å².